The summed E-state index contributed by atoms with van der Waals surface area (Å²) in [5.41, 5.74) is 0. The number of carbonyl (C=O) groups is 1. The maximum absolute atomic E-state index is 10.8. The molecular formula is C8H17NOS. The van der Waals surface area contributed by atoms with Crippen molar-refractivity contribution in [3.8, 4) is 0 Å². The van der Waals surface area contributed by atoms with E-state index in [1.165, 1.54) is 0 Å². The molecule has 0 bridgehead atoms. The summed E-state index contributed by atoms with van der Waals surface area (Å²) in [7, 11) is 0. The average molecular weight is 175 g/mol. The van der Waals surface area contributed by atoms with Crippen molar-refractivity contribution >= 4 is 18.5 Å². The summed E-state index contributed by atoms with van der Waals surface area (Å²) in [5.74, 6) is 0.111. The van der Waals surface area contributed by atoms with Crippen LogP contribution in [0.2, 0.25) is 0 Å². The summed E-state index contributed by atoms with van der Waals surface area (Å²) in [6.07, 6.45) is 2.75. The monoisotopic (exact) mass is 175 g/mol. The molecule has 0 aliphatic carbocycles. The zero-order valence-corrected chi connectivity index (χ0v) is 8.16. The summed E-state index contributed by atoms with van der Waals surface area (Å²) in [4.78, 5) is 10.8. The molecule has 0 radical (unpaired) electrons. The molecule has 11 heavy (non-hydrogen) atoms. The number of rotatable bonds is 5. The fourth-order valence-electron chi connectivity index (χ4n) is 0.792. The van der Waals surface area contributed by atoms with Crippen LogP contribution >= 0.6 is 12.6 Å². The Balaban J connectivity index is 3.29. The fourth-order valence-corrected chi connectivity index (χ4v) is 1.14. The van der Waals surface area contributed by atoms with E-state index in [2.05, 4.69) is 24.9 Å². The zero-order valence-electron chi connectivity index (χ0n) is 7.26. The Bertz CT molecular complexity index is 117. The van der Waals surface area contributed by atoms with Crippen LogP contribution in [0.4, 0.5) is 0 Å². The third-order valence-electron chi connectivity index (χ3n) is 1.48. The van der Waals surface area contributed by atoms with Crippen molar-refractivity contribution in [3.05, 3.63) is 0 Å². The van der Waals surface area contributed by atoms with Gasteiger partial charge in [-0.2, -0.15) is 12.6 Å². The summed E-state index contributed by atoms with van der Waals surface area (Å²) in [6, 6.07) is 0. The van der Waals surface area contributed by atoms with E-state index in [1.54, 1.807) is 0 Å². The molecule has 0 aromatic carbocycles. The Morgan fingerprint density at radius 3 is 2.64 bits per heavy atom. The van der Waals surface area contributed by atoms with Gasteiger partial charge in [0.25, 0.3) is 0 Å². The minimum atomic E-state index is 0.111. The van der Waals surface area contributed by atoms with Gasteiger partial charge in [0.1, 0.15) is 0 Å². The molecule has 66 valence electrons. The van der Waals surface area contributed by atoms with Crippen LogP contribution in [0.5, 0.6) is 0 Å². The van der Waals surface area contributed by atoms with Gasteiger partial charge in [0.05, 0.1) is 0 Å². The molecule has 0 saturated carbocycles. The highest BCUT2D eigenvalue weighted by atomic mass is 32.1. The number of carbonyl (C=O) groups excluding carboxylic acids is 1. The topological polar surface area (TPSA) is 29.1 Å². The van der Waals surface area contributed by atoms with Crippen LogP contribution in [0.25, 0.3) is 0 Å². The van der Waals surface area contributed by atoms with Crippen LogP contribution in [-0.2, 0) is 4.79 Å². The highest BCUT2D eigenvalue weighted by molar-refractivity contribution is 7.81. The highest BCUT2D eigenvalue weighted by Crippen LogP contribution is 2.02. The van der Waals surface area contributed by atoms with Crippen LogP contribution in [-0.4, -0.2) is 17.7 Å². The molecule has 1 atom stereocenters. The summed E-state index contributed by atoms with van der Waals surface area (Å²) in [6.45, 7) is 4.66. The highest BCUT2D eigenvalue weighted by Gasteiger charge is 2.02. The predicted octanol–water partition coefficient (Wildman–Crippen LogP) is 1.61. The first-order valence-corrected chi connectivity index (χ1v) is 4.67. The van der Waals surface area contributed by atoms with Crippen LogP contribution in [0.1, 0.15) is 33.1 Å². The third-order valence-corrected chi connectivity index (χ3v) is 1.92. The Morgan fingerprint density at radius 2 is 2.18 bits per heavy atom. The van der Waals surface area contributed by atoms with Gasteiger partial charge in [-0.05, 0) is 6.42 Å². The molecule has 1 N–H and O–H groups in total. The van der Waals surface area contributed by atoms with Crippen molar-refractivity contribution in [3.63, 3.8) is 0 Å². The second-order valence-electron chi connectivity index (χ2n) is 2.60. The zero-order chi connectivity index (χ0) is 8.69. The Morgan fingerprint density at radius 1 is 1.55 bits per heavy atom. The van der Waals surface area contributed by atoms with Gasteiger partial charge >= 0.3 is 0 Å². The quantitative estimate of drug-likeness (QED) is 0.611. The van der Waals surface area contributed by atoms with E-state index in [-0.39, 0.29) is 5.91 Å². The molecule has 0 aromatic heterocycles. The lowest BCUT2D eigenvalue weighted by Crippen LogP contribution is -2.28. The third kappa shape index (κ3) is 6.23. The smallest absolute Gasteiger partial charge is 0.219 e. The van der Waals surface area contributed by atoms with E-state index in [0.29, 0.717) is 18.2 Å². The van der Waals surface area contributed by atoms with E-state index in [9.17, 15) is 4.79 Å². The number of hydrogen-bond donors (Lipinski definition) is 2. The van der Waals surface area contributed by atoms with E-state index in [1.807, 2.05) is 6.92 Å². The van der Waals surface area contributed by atoms with Gasteiger partial charge in [0.15, 0.2) is 0 Å². The van der Waals surface area contributed by atoms with Crippen LogP contribution in [0.15, 0.2) is 0 Å². The van der Waals surface area contributed by atoms with Crippen molar-refractivity contribution < 1.29 is 4.79 Å². The van der Waals surface area contributed by atoms with E-state index in [4.69, 9.17) is 0 Å². The molecule has 0 fully saturated rings. The van der Waals surface area contributed by atoms with Crippen molar-refractivity contribution in [1.82, 2.24) is 5.32 Å². The lowest BCUT2D eigenvalue weighted by molar-refractivity contribution is -0.120. The molecule has 0 aromatic rings. The van der Waals surface area contributed by atoms with Gasteiger partial charge < -0.3 is 5.32 Å². The molecule has 3 heteroatoms. The average Bonchev–Trinajstić information content (AvgIpc) is 2.01. The summed E-state index contributed by atoms with van der Waals surface area (Å²) >= 11 is 4.31. The molecule has 0 rings (SSSR count). The molecule has 2 nitrogen and oxygen atoms in total. The van der Waals surface area contributed by atoms with E-state index >= 15 is 0 Å². The minimum absolute atomic E-state index is 0.111. The fraction of sp³-hybridized carbons (Fsp3) is 0.875. The SMILES string of the molecule is CCC[C@H](S)CNC(=O)CC. The second kappa shape index (κ2) is 6.53. The summed E-state index contributed by atoms with van der Waals surface area (Å²) in [5, 5.41) is 3.12. The van der Waals surface area contributed by atoms with Crippen molar-refractivity contribution in [1.29, 1.82) is 0 Å². The van der Waals surface area contributed by atoms with Crippen molar-refractivity contribution in [2.75, 3.05) is 6.54 Å². The number of thiol groups is 1. The van der Waals surface area contributed by atoms with Crippen molar-refractivity contribution in [2.45, 2.75) is 38.4 Å². The van der Waals surface area contributed by atoms with E-state index < -0.39 is 0 Å². The first kappa shape index (κ1) is 10.8. The maximum Gasteiger partial charge on any atom is 0.219 e. The molecule has 0 aliphatic heterocycles. The predicted molar refractivity (Wildman–Crippen MR) is 51.0 cm³/mol. The molecule has 0 spiro atoms. The van der Waals surface area contributed by atoms with Gasteiger partial charge in [-0.1, -0.05) is 20.3 Å². The second-order valence-corrected chi connectivity index (χ2v) is 3.33. The van der Waals surface area contributed by atoms with E-state index in [0.717, 1.165) is 12.8 Å². The largest absolute Gasteiger partial charge is 0.355 e. The Kier molecular flexibility index (Phi) is 6.42. The summed E-state index contributed by atoms with van der Waals surface area (Å²) < 4.78 is 0. The molecule has 0 saturated heterocycles. The van der Waals surface area contributed by atoms with Crippen LogP contribution < -0.4 is 5.32 Å². The number of nitrogens with one attached hydrogen (secondary N) is 1. The molecule has 0 aliphatic rings. The lowest BCUT2D eigenvalue weighted by Gasteiger charge is -2.09. The number of amides is 1. The Hall–Kier alpha value is -0.180. The van der Waals surface area contributed by atoms with Gasteiger partial charge in [-0.15, -0.1) is 0 Å². The lowest BCUT2D eigenvalue weighted by atomic mass is 10.2. The van der Waals surface area contributed by atoms with Crippen LogP contribution in [0.3, 0.4) is 0 Å². The molecule has 1 amide bonds. The molecule has 0 unspecified atom stereocenters. The molecular weight excluding hydrogens is 158 g/mol. The first-order chi connectivity index (χ1) is 5.20. The minimum Gasteiger partial charge on any atom is -0.355 e. The van der Waals surface area contributed by atoms with Crippen molar-refractivity contribution in [2.24, 2.45) is 0 Å². The Labute approximate surface area is 74.2 Å². The van der Waals surface area contributed by atoms with Gasteiger partial charge in [0, 0.05) is 18.2 Å². The number of hydrogen-bond acceptors (Lipinski definition) is 2. The van der Waals surface area contributed by atoms with Gasteiger partial charge in [-0.3, -0.25) is 4.79 Å². The van der Waals surface area contributed by atoms with Gasteiger partial charge in [-0.25, -0.2) is 0 Å². The first-order valence-electron chi connectivity index (χ1n) is 4.15. The van der Waals surface area contributed by atoms with Crippen LogP contribution in [0, 0.1) is 0 Å². The molecule has 0 heterocycles. The van der Waals surface area contributed by atoms with Gasteiger partial charge in [0.2, 0.25) is 5.91 Å². The normalized spacial score (nSPS) is 12.6. The standard InChI is InChI=1S/C8H17NOS/c1-3-5-7(11)6-9-8(10)4-2/h7,11H,3-6H2,1-2H3,(H,9,10)/t7-/m0/s1. The maximum atomic E-state index is 10.8.